The molecule has 0 bridgehead atoms. The number of amides is 1. The van der Waals surface area contributed by atoms with E-state index in [1.165, 1.54) is 0 Å². The van der Waals surface area contributed by atoms with Gasteiger partial charge in [-0.05, 0) is 25.5 Å². The van der Waals surface area contributed by atoms with Gasteiger partial charge in [0.15, 0.2) is 11.5 Å². The second kappa shape index (κ2) is 5.43. The Kier molecular flexibility index (Phi) is 4.20. The number of anilines is 1. The van der Waals surface area contributed by atoms with Crippen LogP contribution < -0.4 is 20.5 Å². The lowest BCUT2D eigenvalue weighted by atomic mass is 10.1. The number of nitrogens with two attached hydrogens (primary N) is 1. The molecule has 5 heteroatoms. The van der Waals surface area contributed by atoms with E-state index in [9.17, 15) is 4.79 Å². The highest BCUT2D eigenvalue weighted by molar-refractivity contribution is 5.83. The molecule has 0 fully saturated rings. The summed E-state index contributed by atoms with van der Waals surface area (Å²) < 4.78 is 10.4. The molecule has 1 rings (SSSR count). The number of aryl methyl sites for hydroxylation is 1. The summed E-state index contributed by atoms with van der Waals surface area (Å²) in [6, 6.07) is 3.19. The number of primary amides is 1. The van der Waals surface area contributed by atoms with E-state index in [2.05, 4.69) is 5.32 Å². The molecule has 3 N–H and O–H groups in total. The molecule has 0 aromatic heterocycles. The van der Waals surface area contributed by atoms with Crippen LogP contribution >= 0.6 is 0 Å². The van der Waals surface area contributed by atoms with Crippen molar-refractivity contribution in [2.24, 2.45) is 5.73 Å². The first-order chi connectivity index (χ1) is 7.99. The first-order valence-corrected chi connectivity index (χ1v) is 5.28. The molecule has 1 amide bonds. The first kappa shape index (κ1) is 13.2. The SMILES string of the molecule is COc1cc(C)c(N[C@@H](C)C(N)=O)cc1OC. The van der Waals surface area contributed by atoms with Gasteiger partial charge in [-0.25, -0.2) is 0 Å². The van der Waals surface area contributed by atoms with Gasteiger partial charge < -0.3 is 20.5 Å². The highest BCUT2D eigenvalue weighted by atomic mass is 16.5. The maximum Gasteiger partial charge on any atom is 0.239 e. The molecule has 0 unspecified atom stereocenters. The molecule has 0 spiro atoms. The predicted octanol–water partition coefficient (Wildman–Crippen LogP) is 1.30. The highest BCUT2D eigenvalue weighted by Crippen LogP contribution is 2.33. The lowest BCUT2D eigenvalue weighted by molar-refractivity contribution is -0.118. The van der Waals surface area contributed by atoms with Crippen LogP contribution in [-0.4, -0.2) is 26.2 Å². The van der Waals surface area contributed by atoms with E-state index < -0.39 is 11.9 Å². The topological polar surface area (TPSA) is 73.6 Å². The second-order valence-corrected chi connectivity index (χ2v) is 3.79. The van der Waals surface area contributed by atoms with Crippen molar-refractivity contribution in [3.63, 3.8) is 0 Å². The third kappa shape index (κ3) is 3.03. The van der Waals surface area contributed by atoms with Crippen molar-refractivity contribution in [1.82, 2.24) is 0 Å². The lowest BCUT2D eigenvalue weighted by Crippen LogP contribution is -2.32. The highest BCUT2D eigenvalue weighted by Gasteiger charge is 2.13. The van der Waals surface area contributed by atoms with E-state index in [1.54, 1.807) is 27.2 Å². The molecule has 0 aliphatic carbocycles. The summed E-state index contributed by atoms with van der Waals surface area (Å²) >= 11 is 0. The Labute approximate surface area is 101 Å². The average molecular weight is 238 g/mol. The number of methoxy groups -OCH3 is 2. The van der Waals surface area contributed by atoms with Crippen molar-refractivity contribution in [3.05, 3.63) is 17.7 Å². The molecule has 17 heavy (non-hydrogen) atoms. The van der Waals surface area contributed by atoms with E-state index in [4.69, 9.17) is 15.2 Å². The van der Waals surface area contributed by atoms with Gasteiger partial charge in [-0.2, -0.15) is 0 Å². The molecule has 0 saturated heterocycles. The fraction of sp³-hybridized carbons (Fsp3) is 0.417. The van der Waals surface area contributed by atoms with Crippen LogP contribution in [0.5, 0.6) is 11.5 Å². The van der Waals surface area contributed by atoms with E-state index in [1.807, 2.05) is 13.0 Å². The Bertz CT molecular complexity index is 418. The smallest absolute Gasteiger partial charge is 0.239 e. The van der Waals surface area contributed by atoms with Gasteiger partial charge in [-0.1, -0.05) is 0 Å². The molecule has 0 aliphatic heterocycles. The van der Waals surface area contributed by atoms with Crippen LogP contribution in [0.4, 0.5) is 5.69 Å². The van der Waals surface area contributed by atoms with Gasteiger partial charge in [0.1, 0.15) is 6.04 Å². The van der Waals surface area contributed by atoms with Crippen LogP contribution in [0.2, 0.25) is 0 Å². The minimum absolute atomic E-state index is 0.404. The summed E-state index contributed by atoms with van der Waals surface area (Å²) in [5, 5.41) is 3.03. The van der Waals surface area contributed by atoms with E-state index >= 15 is 0 Å². The Morgan fingerprint density at radius 2 is 1.82 bits per heavy atom. The first-order valence-electron chi connectivity index (χ1n) is 5.28. The van der Waals surface area contributed by atoms with Gasteiger partial charge in [0.25, 0.3) is 0 Å². The fourth-order valence-corrected chi connectivity index (χ4v) is 1.44. The van der Waals surface area contributed by atoms with Crippen molar-refractivity contribution in [3.8, 4) is 11.5 Å². The summed E-state index contributed by atoms with van der Waals surface area (Å²) in [7, 11) is 3.14. The van der Waals surface area contributed by atoms with Crippen LogP contribution in [0.25, 0.3) is 0 Å². The molecular formula is C12H18N2O3. The van der Waals surface area contributed by atoms with Gasteiger partial charge in [-0.3, -0.25) is 4.79 Å². The molecule has 1 atom stereocenters. The number of rotatable bonds is 5. The van der Waals surface area contributed by atoms with Gasteiger partial charge in [0, 0.05) is 11.8 Å². The third-order valence-corrected chi connectivity index (χ3v) is 2.53. The largest absolute Gasteiger partial charge is 0.493 e. The summed E-state index contributed by atoms with van der Waals surface area (Å²) in [6.45, 7) is 3.62. The molecule has 0 aliphatic rings. The Balaban J connectivity index is 3.04. The van der Waals surface area contributed by atoms with E-state index in [0.717, 1.165) is 11.3 Å². The van der Waals surface area contributed by atoms with Crippen molar-refractivity contribution in [2.45, 2.75) is 19.9 Å². The van der Waals surface area contributed by atoms with Crippen molar-refractivity contribution >= 4 is 11.6 Å². The number of carbonyl (C=O) groups is 1. The molecule has 0 heterocycles. The van der Waals surface area contributed by atoms with Crippen LogP contribution in [-0.2, 0) is 4.79 Å². The second-order valence-electron chi connectivity index (χ2n) is 3.79. The van der Waals surface area contributed by atoms with Gasteiger partial charge in [-0.15, -0.1) is 0 Å². The number of ether oxygens (including phenoxy) is 2. The third-order valence-electron chi connectivity index (χ3n) is 2.53. The number of hydrogen-bond acceptors (Lipinski definition) is 4. The standard InChI is InChI=1S/C12H18N2O3/c1-7-5-10(16-3)11(17-4)6-9(7)14-8(2)12(13)15/h5-6,8,14H,1-4H3,(H2,13,15)/t8-/m0/s1. The van der Waals surface area contributed by atoms with Crippen LogP contribution in [0, 0.1) is 6.92 Å². The molecule has 0 saturated carbocycles. The van der Waals surface area contributed by atoms with Gasteiger partial charge in [0.05, 0.1) is 14.2 Å². The average Bonchev–Trinajstić information content (AvgIpc) is 2.30. The van der Waals surface area contributed by atoms with Crippen LogP contribution in [0.15, 0.2) is 12.1 Å². The maximum absolute atomic E-state index is 11.0. The van der Waals surface area contributed by atoms with Crippen molar-refractivity contribution in [2.75, 3.05) is 19.5 Å². The van der Waals surface area contributed by atoms with Crippen LogP contribution in [0.3, 0.4) is 0 Å². The molecule has 94 valence electrons. The Morgan fingerprint density at radius 1 is 1.29 bits per heavy atom. The molecule has 0 radical (unpaired) electrons. The zero-order valence-electron chi connectivity index (χ0n) is 10.5. The molecular weight excluding hydrogens is 220 g/mol. The zero-order valence-corrected chi connectivity index (χ0v) is 10.5. The number of hydrogen-bond donors (Lipinski definition) is 2. The predicted molar refractivity (Wildman–Crippen MR) is 66.6 cm³/mol. The lowest BCUT2D eigenvalue weighted by Gasteiger charge is -2.16. The minimum Gasteiger partial charge on any atom is -0.493 e. The van der Waals surface area contributed by atoms with E-state index in [0.29, 0.717) is 11.5 Å². The Hall–Kier alpha value is -1.91. The number of nitrogens with one attached hydrogen (secondary N) is 1. The zero-order chi connectivity index (χ0) is 13.0. The quantitative estimate of drug-likeness (QED) is 0.810. The Morgan fingerprint density at radius 3 is 2.29 bits per heavy atom. The van der Waals surface area contributed by atoms with Crippen molar-refractivity contribution in [1.29, 1.82) is 0 Å². The summed E-state index contributed by atoms with van der Waals surface area (Å²) in [4.78, 5) is 11.0. The minimum atomic E-state index is -0.438. The fourth-order valence-electron chi connectivity index (χ4n) is 1.44. The maximum atomic E-state index is 11.0. The number of benzene rings is 1. The van der Waals surface area contributed by atoms with Crippen molar-refractivity contribution < 1.29 is 14.3 Å². The van der Waals surface area contributed by atoms with Gasteiger partial charge >= 0.3 is 0 Å². The summed E-state index contributed by atoms with van der Waals surface area (Å²) in [5.74, 6) is 0.860. The molecule has 5 nitrogen and oxygen atoms in total. The normalized spacial score (nSPS) is 11.8. The van der Waals surface area contributed by atoms with Gasteiger partial charge in [0.2, 0.25) is 5.91 Å². The van der Waals surface area contributed by atoms with Crippen LogP contribution in [0.1, 0.15) is 12.5 Å². The summed E-state index contributed by atoms with van der Waals surface area (Å²) in [6.07, 6.45) is 0. The molecule has 1 aromatic carbocycles. The molecule has 1 aromatic rings. The van der Waals surface area contributed by atoms with E-state index in [-0.39, 0.29) is 0 Å². The summed E-state index contributed by atoms with van der Waals surface area (Å²) in [5.41, 5.74) is 6.96. The number of carbonyl (C=O) groups excluding carboxylic acids is 1. The monoisotopic (exact) mass is 238 g/mol.